The van der Waals surface area contributed by atoms with Crippen LogP contribution in [-0.2, 0) is 12.8 Å². The SMILES string of the molecule is CCc1nnc(N2CCN(C)CC2)c(C#N)c1CC. The normalized spacial score (nSPS) is 16.4. The van der Waals surface area contributed by atoms with Crippen molar-refractivity contribution in [2.75, 3.05) is 38.1 Å². The zero-order chi connectivity index (χ0) is 13.8. The molecule has 1 aliphatic heterocycles. The number of likely N-dealkylation sites (N-methyl/N-ethyl adjacent to an activating group) is 1. The molecule has 0 unspecified atom stereocenters. The molecule has 1 aliphatic rings. The van der Waals surface area contributed by atoms with Gasteiger partial charge in [0.1, 0.15) is 11.6 Å². The molecule has 0 atom stereocenters. The molecule has 0 aromatic carbocycles. The Morgan fingerprint density at radius 3 is 2.32 bits per heavy atom. The van der Waals surface area contributed by atoms with Crippen LogP contribution in [0.25, 0.3) is 0 Å². The maximum absolute atomic E-state index is 9.48. The minimum absolute atomic E-state index is 0.721. The molecule has 2 rings (SSSR count). The van der Waals surface area contributed by atoms with E-state index in [0.717, 1.165) is 61.7 Å². The molecule has 5 nitrogen and oxygen atoms in total. The summed E-state index contributed by atoms with van der Waals surface area (Å²) in [4.78, 5) is 4.47. The van der Waals surface area contributed by atoms with E-state index in [1.807, 2.05) is 0 Å². The van der Waals surface area contributed by atoms with E-state index in [-0.39, 0.29) is 0 Å². The van der Waals surface area contributed by atoms with Crippen molar-refractivity contribution in [3.05, 3.63) is 16.8 Å². The molecule has 0 spiro atoms. The second-order valence-electron chi connectivity index (χ2n) is 4.93. The van der Waals surface area contributed by atoms with E-state index in [1.54, 1.807) is 0 Å². The Morgan fingerprint density at radius 2 is 1.79 bits per heavy atom. The van der Waals surface area contributed by atoms with E-state index in [2.05, 4.69) is 47.0 Å². The van der Waals surface area contributed by atoms with E-state index in [1.165, 1.54) is 0 Å². The standard InChI is InChI=1S/C14H21N5/c1-4-11-12(10-15)14(17-16-13(11)5-2)19-8-6-18(3)7-9-19/h4-9H2,1-3H3. The van der Waals surface area contributed by atoms with Gasteiger partial charge in [0.2, 0.25) is 0 Å². The second-order valence-corrected chi connectivity index (χ2v) is 4.93. The summed E-state index contributed by atoms with van der Waals surface area (Å²) >= 11 is 0. The van der Waals surface area contributed by atoms with Crippen LogP contribution < -0.4 is 4.90 Å². The van der Waals surface area contributed by atoms with E-state index >= 15 is 0 Å². The van der Waals surface area contributed by atoms with Crippen molar-refractivity contribution in [1.82, 2.24) is 15.1 Å². The van der Waals surface area contributed by atoms with E-state index < -0.39 is 0 Å². The molecule has 0 bridgehead atoms. The smallest absolute Gasteiger partial charge is 0.169 e. The predicted octanol–water partition coefficient (Wildman–Crippen LogP) is 1.22. The van der Waals surface area contributed by atoms with Gasteiger partial charge < -0.3 is 9.80 Å². The fourth-order valence-corrected chi connectivity index (χ4v) is 2.52. The summed E-state index contributed by atoms with van der Waals surface area (Å²) in [5.74, 6) is 0.768. The quantitative estimate of drug-likeness (QED) is 0.817. The third-order valence-corrected chi connectivity index (χ3v) is 3.74. The van der Waals surface area contributed by atoms with Crippen molar-refractivity contribution < 1.29 is 0 Å². The van der Waals surface area contributed by atoms with Crippen molar-refractivity contribution in [3.63, 3.8) is 0 Å². The number of rotatable bonds is 3. The van der Waals surface area contributed by atoms with Gasteiger partial charge in [-0.05, 0) is 25.5 Å². The maximum atomic E-state index is 9.48. The Hall–Kier alpha value is -1.67. The van der Waals surface area contributed by atoms with Gasteiger partial charge in [0.15, 0.2) is 5.82 Å². The minimum atomic E-state index is 0.721. The van der Waals surface area contributed by atoms with Crippen LogP contribution in [-0.4, -0.2) is 48.3 Å². The van der Waals surface area contributed by atoms with E-state index in [9.17, 15) is 5.26 Å². The summed E-state index contributed by atoms with van der Waals surface area (Å²) in [6, 6.07) is 2.34. The van der Waals surface area contributed by atoms with Crippen LogP contribution in [0.3, 0.4) is 0 Å². The first-order chi connectivity index (χ1) is 9.21. The molecule has 0 radical (unpaired) electrons. The van der Waals surface area contributed by atoms with Gasteiger partial charge in [0.25, 0.3) is 0 Å². The van der Waals surface area contributed by atoms with Crippen LogP contribution in [0.5, 0.6) is 0 Å². The van der Waals surface area contributed by atoms with Gasteiger partial charge in [-0.15, -0.1) is 5.10 Å². The van der Waals surface area contributed by atoms with Gasteiger partial charge in [-0.2, -0.15) is 10.4 Å². The summed E-state index contributed by atoms with van der Waals surface area (Å²) in [5, 5.41) is 18.1. The van der Waals surface area contributed by atoms with E-state index in [4.69, 9.17) is 0 Å². The molecular weight excluding hydrogens is 238 g/mol. The molecule has 0 N–H and O–H groups in total. The number of hydrogen-bond acceptors (Lipinski definition) is 5. The highest BCUT2D eigenvalue weighted by molar-refractivity contribution is 5.58. The molecule has 1 fully saturated rings. The van der Waals surface area contributed by atoms with Crippen molar-refractivity contribution in [1.29, 1.82) is 5.26 Å². The molecule has 0 saturated carbocycles. The number of anilines is 1. The van der Waals surface area contributed by atoms with Gasteiger partial charge in [-0.25, -0.2) is 0 Å². The minimum Gasteiger partial charge on any atom is -0.351 e. The Labute approximate surface area is 114 Å². The Morgan fingerprint density at radius 1 is 1.11 bits per heavy atom. The average molecular weight is 259 g/mol. The largest absolute Gasteiger partial charge is 0.351 e. The van der Waals surface area contributed by atoms with Gasteiger partial charge in [0, 0.05) is 26.2 Å². The Balaban J connectivity index is 2.38. The van der Waals surface area contributed by atoms with Crippen LogP contribution in [0.2, 0.25) is 0 Å². The highest BCUT2D eigenvalue weighted by Gasteiger charge is 2.22. The van der Waals surface area contributed by atoms with Crippen LogP contribution in [0.15, 0.2) is 0 Å². The van der Waals surface area contributed by atoms with Gasteiger partial charge in [-0.1, -0.05) is 13.8 Å². The lowest BCUT2D eigenvalue weighted by molar-refractivity contribution is 0.311. The van der Waals surface area contributed by atoms with E-state index in [0.29, 0.717) is 0 Å². The highest BCUT2D eigenvalue weighted by atomic mass is 15.3. The number of nitrogens with zero attached hydrogens (tertiary/aromatic N) is 5. The maximum Gasteiger partial charge on any atom is 0.169 e. The first kappa shape index (κ1) is 13.8. The summed E-state index contributed by atoms with van der Waals surface area (Å²) in [5.41, 5.74) is 2.74. The van der Waals surface area contributed by atoms with Gasteiger partial charge >= 0.3 is 0 Å². The van der Waals surface area contributed by atoms with Crippen molar-refractivity contribution >= 4 is 5.82 Å². The number of nitriles is 1. The summed E-state index contributed by atoms with van der Waals surface area (Å²) in [6.07, 6.45) is 1.66. The van der Waals surface area contributed by atoms with Gasteiger partial charge in [0.05, 0.1) is 5.69 Å². The molecular formula is C14H21N5. The highest BCUT2D eigenvalue weighted by Crippen LogP contribution is 2.23. The lowest BCUT2D eigenvalue weighted by atomic mass is 10.0. The van der Waals surface area contributed by atoms with Crippen LogP contribution in [0.4, 0.5) is 5.82 Å². The number of aromatic nitrogens is 2. The first-order valence-electron chi connectivity index (χ1n) is 6.93. The monoisotopic (exact) mass is 259 g/mol. The van der Waals surface area contributed by atoms with Crippen molar-refractivity contribution in [3.8, 4) is 6.07 Å². The number of hydrogen-bond donors (Lipinski definition) is 0. The molecule has 1 aromatic heterocycles. The Bertz CT molecular complexity index is 483. The zero-order valence-electron chi connectivity index (χ0n) is 12.0. The molecule has 1 saturated heterocycles. The molecule has 2 heterocycles. The third-order valence-electron chi connectivity index (χ3n) is 3.74. The summed E-state index contributed by atoms with van der Waals surface area (Å²) < 4.78 is 0. The molecule has 5 heteroatoms. The summed E-state index contributed by atoms with van der Waals surface area (Å²) in [7, 11) is 2.12. The number of piperazine rings is 1. The first-order valence-corrected chi connectivity index (χ1v) is 6.93. The fourth-order valence-electron chi connectivity index (χ4n) is 2.52. The fraction of sp³-hybridized carbons (Fsp3) is 0.643. The third kappa shape index (κ3) is 2.69. The second kappa shape index (κ2) is 5.98. The zero-order valence-corrected chi connectivity index (χ0v) is 12.0. The molecule has 19 heavy (non-hydrogen) atoms. The molecule has 0 amide bonds. The average Bonchev–Trinajstić information content (AvgIpc) is 2.46. The summed E-state index contributed by atoms with van der Waals surface area (Å²) in [6.45, 7) is 7.96. The molecule has 0 aliphatic carbocycles. The predicted molar refractivity (Wildman–Crippen MR) is 75.2 cm³/mol. The van der Waals surface area contributed by atoms with Crippen LogP contribution in [0.1, 0.15) is 30.7 Å². The van der Waals surface area contributed by atoms with Crippen molar-refractivity contribution in [2.45, 2.75) is 26.7 Å². The molecule has 1 aromatic rings. The van der Waals surface area contributed by atoms with Crippen LogP contribution >= 0.6 is 0 Å². The topological polar surface area (TPSA) is 56.1 Å². The van der Waals surface area contributed by atoms with Crippen molar-refractivity contribution in [2.24, 2.45) is 0 Å². The van der Waals surface area contributed by atoms with Crippen LogP contribution in [0, 0.1) is 11.3 Å². The lowest BCUT2D eigenvalue weighted by Gasteiger charge is -2.33. The Kier molecular flexibility index (Phi) is 4.33. The number of aryl methyl sites for hydroxylation is 1. The molecule has 102 valence electrons. The van der Waals surface area contributed by atoms with Gasteiger partial charge in [-0.3, -0.25) is 0 Å². The lowest BCUT2D eigenvalue weighted by Crippen LogP contribution is -2.45.